The Kier molecular flexibility index (Phi) is 4.30. The summed E-state index contributed by atoms with van der Waals surface area (Å²) in [7, 11) is 0. The van der Waals surface area contributed by atoms with Crippen molar-refractivity contribution in [1.29, 1.82) is 0 Å². The summed E-state index contributed by atoms with van der Waals surface area (Å²) in [5.41, 5.74) is 0.769. The van der Waals surface area contributed by atoms with Crippen LogP contribution in [-0.4, -0.2) is 41.6 Å². The Bertz CT molecular complexity index is 425. The molecule has 2 heterocycles. The molecule has 0 aliphatic carbocycles. The monoisotopic (exact) mass is 263 g/mol. The number of likely N-dealkylation sites (tertiary alicyclic amines) is 1. The number of amides is 1. The van der Waals surface area contributed by atoms with E-state index in [-0.39, 0.29) is 11.4 Å². The van der Waals surface area contributed by atoms with E-state index in [1.165, 1.54) is 25.9 Å². The van der Waals surface area contributed by atoms with Crippen LogP contribution in [0.1, 0.15) is 44.0 Å². The molecule has 19 heavy (non-hydrogen) atoms. The molecule has 1 aromatic rings. The van der Waals surface area contributed by atoms with Crippen molar-refractivity contribution in [3.8, 4) is 0 Å². The minimum Gasteiger partial charge on any atom is -0.351 e. The van der Waals surface area contributed by atoms with E-state index in [9.17, 15) is 4.79 Å². The van der Waals surface area contributed by atoms with Crippen molar-refractivity contribution in [3.63, 3.8) is 0 Å². The molecule has 4 heteroatoms. The van der Waals surface area contributed by atoms with Crippen LogP contribution < -0.4 is 5.32 Å². The third kappa shape index (κ3) is 3.83. The average Bonchev–Trinajstić information content (AvgIpc) is 2.99. The van der Waals surface area contributed by atoms with Crippen LogP contribution in [0.4, 0.5) is 0 Å². The van der Waals surface area contributed by atoms with Gasteiger partial charge in [0.1, 0.15) is 0 Å². The average molecular weight is 263 g/mol. The molecule has 1 saturated heterocycles. The van der Waals surface area contributed by atoms with Gasteiger partial charge < -0.3 is 14.8 Å². The van der Waals surface area contributed by atoms with Crippen molar-refractivity contribution >= 4 is 5.91 Å². The molecule has 2 rings (SSSR count). The lowest BCUT2D eigenvalue weighted by Crippen LogP contribution is -2.33. The first-order chi connectivity index (χ1) is 8.97. The van der Waals surface area contributed by atoms with Gasteiger partial charge in [-0.05, 0) is 52.8 Å². The summed E-state index contributed by atoms with van der Waals surface area (Å²) >= 11 is 0. The van der Waals surface area contributed by atoms with Gasteiger partial charge in [0.05, 0.1) is 5.56 Å². The van der Waals surface area contributed by atoms with Crippen LogP contribution in [0.25, 0.3) is 0 Å². The van der Waals surface area contributed by atoms with Gasteiger partial charge >= 0.3 is 0 Å². The van der Waals surface area contributed by atoms with Gasteiger partial charge in [-0.1, -0.05) is 0 Å². The quantitative estimate of drug-likeness (QED) is 0.903. The van der Waals surface area contributed by atoms with Crippen molar-refractivity contribution < 1.29 is 4.79 Å². The van der Waals surface area contributed by atoms with E-state index in [0.29, 0.717) is 0 Å². The standard InChI is InChI=1S/C15H25N3O/c1-15(2,3)18-10-6-13(12-18)14(19)16-7-11-17-8-4-5-9-17/h6,10,12H,4-5,7-9,11H2,1-3H3,(H,16,19). The van der Waals surface area contributed by atoms with Crippen LogP contribution in [-0.2, 0) is 5.54 Å². The molecule has 0 saturated carbocycles. The number of nitrogens with zero attached hydrogens (tertiary/aromatic N) is 2. The summed E-state index contributed by atoms with van der Waals surface area (Å²) in [6.07, 6.45) is 6.48. The Morgan fingerprint density at radius 2 is 2.00 bits per heavy atom. The first-order valence-electron chi connectivity index (χ1n) is 7.16. The molecule has 0 atom stereocenters. The van der Waals surface area contributed by atoms with Crippen molar-refractivity contribution in [2.75, 3.05) is 26.2 Å². The fraction of sp³-hybridized carbons (Fsp3) is 0.667. The minimum absolute atomic E-state index is 0.0219. The molecular weight excluding hydrogens is 238 g/mol. The van der Waals surface area contributed by atoms with Crippen LogP contribution in [0.5, 0.6) is 0 Å². The summed E-state index contributed by atoms with van der Waals surface area (Å²) in [6, 6.07) is 1.89. The molecule has 1 N–H and O–H groups in total. The van der Waals surface area contributed by atoms with Crippen LogP contribution in [0.15, 0.2) is 18.5 Å². The van der Waals surface area contributed by atoms with E-state index in [1.807, 2.05) is 18.5 Å². The third-order valence-corrected chi connectivity index (χ3v) is 3.64. The number of carbonyl (C=O) groups excluding carboxylic acids is 1. The molecule has 0 bridgehead atoms. The molecule has 0 aromatic carbocycles. The molecule has 0 unspecified atom stereocenters. The van der Waals surface area contributed by atoms with E-state index >= 15 is 0 Å². The second kappa shape index (κ2) is 5.78. The van der Waals surface area contributed by atoms with Gasteiger partial charge in [0.15, 0.2) is 0 Å². The van der Waals surface area contributed by atoms with Crippen molar-refractivity contribution in [2.24, 2.45) is 0 Å². The summed E-state index contributed by atoms with van der Waals surface area (Å²) < 4.78 is 2.07. The lowest BCUT2D eigenvalue weighted by molar-refractivity contribution is 0.0949. The maximum atomic E-state index is 12.0. The Morgan fingerprint density at radius 3 is 2.58 bits per heavy atom. The third-order valence-electron chi connectivity index (χ3n) is 3.64. The molecular formula is C15H25N3O. The summed E-state index contributed by atoms with van der Waals surface area (Å²) in [4.78, 5) is 14.4. The van der Waals surface area contributed by atoms with Crippen LogP contribution in [0, 0.1) is 0 Å². The Hall–Kier alpha value is -1.29. The van der Waals surface area contributed by atoms with Crippen LogP contribution in [0.3, 0.4) is 0 Å². The number of aromatic nitrogens is 1. The van der Waals surface area contributed by atoms with Crippen molar-refractivity contribution in [1.82, 2.24) is 14.8 Å². The predicted molar refractivity (Wildman–Crippen MR) is 77.4 cm³/mol. The molecule has 1 amide bonds. The van der Waals surface area contributed by atoms with Gasteiger partial charge in [-0.15, -0.1) is 0 Å². The SMILES string of the molecule is CC(C)(C)n1ccc(C(=O)NCCN2CCCC2)c1. The fourth-order valence-electron chi connectivity index (χ4n) is 2.38. The zero-order valence-corrected chi connectivity index (χ0v) is 12.3. The van der Waals surface area contributed by atoms with Crippen LogP contribution in [0.2, 0.25) is 0 Å². The van der Waals surface area contributed by atoms with E-state index < -0.39 is 0 Å². The highest BCUT2D eigenvalue weighted by atomic mass is 16.1. The predicted octanol–water partition coefficient (Wildman–Crippen LogP) is 2.07. The topological polar surface area (TPSA) is 37.3 Å². The van der Waals surface area contributed by atoms with Gasteiger partial charge in [-0.3, -0.25) is 4.79 Å². The number of rotatable bonds is 4. The number of hydrogen-bond acceptors (Lipinski definition) is 2. The van der Waals surface area contributed by atoms with Gasteiger partial charge in [-0.25, -0.2) is 0 Å². The fourth-order valence-corrected chi connectivity index (χ4v) is 2.38. The number of nitrogens with one attached hydrogen (secondary N) is 1. The Labute approximate surface area is 115 Å². The lowest BCUT2D eigenvalue weighted by Gasteiger charge is -2.20. The summed E-state index contributed by atoms with van der Waals surface area (Å²) in [5, 5.41) is 3.00. The lowest BCUT2D eigenvalue weighted by atomic mass is 10.1. The molecule has 0 spiro atoms. The first-order valence-corrected chi connectivity index (χ1v) is 7.16. The smallest absolute Gasteiger partial charge is 0.252 e. The van der Waals surface area contributed by atoms with Gasteiger partial charge in [-0.2, -0.15) is 0 Å². The number of hydrogen-bond donors (Lipinski definition) is 1. The van der Waals surface area contributed by atoms with E-state index in [2.05, 4.69) is 35.6 Å². The molecule has 4 nitrogen and oxygen atoms in total. The molecule has 1 aliphatic heterocycles. The van der Waals surface area contributed by atoms with Crippen molar-refractivity contribution in [3.05, 3.63) is 24.0 Å². The molecule has 106 valence electrons. The second-order valence-corrected chi connectivity index (χ2v) is 6.28. The molecule has 0 radical (unpaired) electrons. The first kappa shape index (κ1) is 14.1. The van der Waals surface area contributed by atoms with Crippen molar-refractivity contribution in [2.45, 2.75) is 39.2 Å². The van der Waals surface area contributed by atoms with Gasteiger partial charge in [0.25, 0.3) is 5.91 Å². The van der Waals surface area contributed by atoms with E-state index in [4.69, 9.17) is 0 Å². The number of carbonyl (C=O) groups is 1. The van der Waals surface area contributed by atoms with Gasteiger partial charge in [0, 0.05) is 31.0 Å². The van der Waals surface area contributed by atoms with Gasteiger partial charge in [0.2, 0.25) is 0 Å². The normalized spacial score (nSPS) is 16.8. The largest absolute Gasteiger partial charge is 0.351 e. The minimum atomic E-state index is 0.0219. The summed E-state index contributed by atoms with van der Waals surface area (Å²) in [5.74, 6) is 0.0298. The molecule has 1 aliphatic rings. The molecule has 1 fully saturated rings. The maximum Gasteiger partial charge on any atom is 0.252 e. The highest BCUT2D eigenvalue weighted by Gasteiger charge is 2.15. The molecule has 1 aromatic heterocycles. The highest BCUT2D eigenvalue weighted by molar-refractivity contribution is 5.94. The van der Waals surface area contributed by atoms with E-state index in [1.54, 1.807) is 0 Å². The van der Waals surface area contributed by atoms with Crippen LogP contribution >= 0.6 is 0 Å². The Balaban J connectivity index is 1.81. The van der Waals surface area contributed by atoms with E-state index in [0.717, 1.165) is 18.7 Å². The highest BCUT2D eigenvalue weighted by Crippen LogP contribution is 2.15. The summed E-state index contributed by atoms with van der Waals surface area (Å²) in [6.45, 7) is 10.4. The zero-order valence-electron chi connectivity index (χ0n) is 12.3. The maximum absolute atomic E-state index is 12.0. The zero-order chi connectivity index (χ0) is 13.9. The second-order valence-electron chi connectivity index (χ2n) is 6.28. The Morgan fingerprint density at radius 1 is 1.32 bits per heavy atom.